The molecular weight excluding hydrogens is 190 g/mol. The molecule has 48 valence electrons. The van der Waals surface area contributed by atoms with Crippen molar-refractivity contribution in [3.05, 3.63) is 11.6 Å². The summed E-state index contributed by atoms with van der Waals surface area (Å²) in [5.41, 5.74) is 1.29. The fourth-order valence-electron chi connectivity index (χ4n) is 0.153. The van der Waals surface area contributed by atoms with Crippen molar-refractivity contribution >= 4 is 46.4 Å². The monoisotopic (exact) mass is 192 g/mol. The summed E-state index contributed by atoms with van der Waals surface area (Å²) in [6.45, 7) is 0. The first-order valence-electron chi connectivity index (χ1n) is 1.87. The van der Waals surface area contributed by atoms with Crippen LogP contribution < -0.4 is 0 Å². The summed E-state index contributed by atoms with van der Waals surface area (Å²) in [6, 6.07) is 0. The smallest absolute Gasteiger partial charge is 0.115 e. The molecule has 0 N–H and O–H groups in total. The van der Waals surface area contributed by atoms with Crippen LogP contribution in [0.3, 0.4) is 0 Å². The Bertz CT molecular complexity index is 78.1. The summed E-state index contributed by atoms with van der Waals surface area (Å²) >= 11 is 21.3. The molecule has 0 heterocycles. The molecule has 0 aliphatic rings. The summed E-state index contributed by atoms with van der Waals surface area (Å²) in [7, 11) is 0. The third-order valence-corrected chi connectivity index (χ3v) is 1.84. The van der Waals surface area contributed by atoms with E-state index in [0.717, 1.165) is 0 Å². The molecule has 0 aliphatic carbocycles. The molecule has 0 radical (unpaired) electrons. The summed E-state index contributed by atoms with van der Waals surface area (Å²) in [5, 5.41) is -0.393. The molecule has 0 aromatic heterocycles. The van der Waals surface area contributed by atoms with E-state index in [0.29, 0.717) is 0 Å². The lowest BCUT2D eigenvalue weighted by molar-refractivity contribution is 1.17. The topological polar surface area (TPSA) is 0 Å². The van der Waals surface area contributed by atoms with Crippen LogP contribution in [0.1, 0.15) is 0 Å². The maximum Gasteiger partial charge on any atom is 0.127 e. The van der Waals surface area contributed by atoms with Gasteiger partial charge >= 0.3 is 0 Å². The highest BCUT2D eigenvalue weighted by molar-refractivity contribution is 6.48. The number of alkyl halides is 3. The number of hydrogen-bond donors (Lipinski definition) is 0. The van der Waals surface area contributed by atoms with Crippen molar-refractivity contribution in [3.8, 4) is 0 Å². The van der Waals surface area contributed by atoms with Crippen molar-refractivity contribution in [2.24, 2.45) is 0 Å². The molecule has 0 bridgehead atoms. The number of allylic oxidation sites excluding steroid dienone is 1. The lowest BCUT2D eigenvalue weighted by atomic mass is 10.5. The van der Waals surface area contributed by atoms with Gasteiger partial charge in [0.1, 0.15) is 4.84 Å². The highest BCUT2D eigenvalue weighted by atomic mass is 35.5. The van der Waals surface area contributed by atoms with Crippen molar-refractivity contribution in [3.63, 3.8) is 0 Å². The van der Waals surface area contributed by atoms with E-state index in [-0.39, 0.29) is 0 Å². The van der Waals surface area contributed by atoms with E-state index in [1.807, 2.05) is 0 Å². The molecular formula is C4H4Cl4. The molecule has 0 aromatic carbocycles. The summed E-state index contributed by atoms with van der Waals surface area (Å²) in [4.78, 5) is -0.591. The van der Waals surface area contributed by atoms with Crippen molar-refractivity contribution in [2.45, 2.75) is 10.2 Å². The maximum absolute atomic E-state index is 5.48. The van der Waals surface area contributed by atoms with E-state index in [1.54, 1.807) is 0 Å². The van der Waals surface area contributed by atoms with Crippen molar-refractivity contribution < 1.29 is 0 Å². The van der Waals surface area contributed by atoms with E-state index >= 15 is 0 Å². The molecule has 8 heavy (non-hydrogen) atoms. The Morgan fingerprint density at radius 1 is 1.12 bits per heavy atom. The quantitative estimate of drug-likeness (QED) is 0.592. The van der Waals surface area contributed by atoms with Crippen molar-refractivity contribution in [1.82, 2.24) is 0 Å². The molecule has 0 aromatic rings. The zero-order valence-corrected chi connectivity index (χ0v) is 6.84. The van der Waals surface area contributed by atoms with Gasteiger partial charge in [0.25, 0.3) is 0 Å². The third kappa shape index (κ3) is 3.85. The second-order valence-electron chi connectivity index (χ2n) is 1.10. The maximum atomic E-state index is 5.48. The molecule has 4 heteroatoms. The Kier molecular flexibility index (Phi) is 5.28. The minimum absolute atomic E-state index is 0.393. The predicted molar refractivity (Wildman–Crippen MR) is 40.1 cm³/mol. The van der Waals surface area contributed by atoms with Gasteiger partial charge in [0.15, 0.2) is 0 Å². The van der Waals surface area contributed by atoms with E-state index in [1.165, 1.54) is 11.6 Å². The number of hydrogen-bond acceptors (Lipinski definition) is 0. The fourth-order valence-corrected chi connectivity index (χ4v) is 0.625. The molecule has 0 saturated carbocycles. The van der Waals surface area contributed by atoms with Gasteiger partial charge in [-0.1, -0.05) is 17.7 Å². The van der Waals surface area contributed by atoms with Gasteiger partial charge in [0, 0.05) is 5.54 Å². The minimum Gasteiger partial charge on any atom is -0.115 e. The number of rotatable bonds is 2. The van der Waals surface area contributed by atoms with E-state index in [4.69, 9.17) is 46.4 Å². The van der Waals surface area contributed by atoms with E-state index < -0.39 is 10.2 Å². The first-order valence-corrected chi connectivity index (χ1v) is 3.62. The Morgan fingerprint density at radius 2 is 1.62 bits per heavy atom. The Morgan fingerprint density at radius 3 is 1.75 bits per heavy atom. The lowest BCUT2D eigenvalue weighted by Gasteiger charge is -2.00. The van der Waals surface area contributed by atoms with Crippen LogP contribution in [0.25, 0.3) is 0 Å². The van der Waals surface area contributed by atoms with Crippen LogP contribution in [0.15, 0.2) is 11.6 Å². The van der Waals surface area contributed by atoms with Crippen LogP contribution >= 0.6 is 46.4 Å². The van der Waals surface area contributed by atoms with Crippen LogP contribution in [-0.2, 0) is 0 Å². The van der Waals surface area contributed by atoms with Gasteiger partial charge in [-0.2, -0.15) is 0 Å². The third-order valence-electron chi connectivity index (χ3n) is 0.497. The average Bonchev–Trinajstić information content (AvgIpc) is 1.67. The molecule has 0 spiro atoms. The molecule has 0 fully saturated rings. The van der Waals surface area contributed by atoms with Crippen LogP contribution in [0.5, 0.6) is 0 Å². The second kappa shape index (κ2) is 4.75. The summed E-state index contributed by atoms with van der Waals surface area (Å²) in [5.74, 6) is 0. The first-order chi connectivity index (χ1) is 3.68. The largest absolute Gasteiger partial charge is 0.127 e. The predicted octanol–water partition coefficient (Wildman–Crippen LogP) is 3.15. The van der Waals surface area contributed by atoms with Crippen LogP contribution in [0, 0.1) is 0 Å². The molecule has 0 saturated heterocycles. The highest BCUT2D eigenvalue weighted by Crippen LogP contribution is 2.15. The highest BCUT2D eigenvalue weighted by Gasteiger charge is 2.07. The van der Waals surface area contributed by atoms with Gasteiger partial charge in [-0.15, -0.1) is 34.8 Å². The van der Waals surface area contributed by atoms with E-state index in [2.05, 4.69) is 0 Å². The van der Waals surface area contributed by atoms with Crippen molar-refractivity contribution in [2.75, 3.05) is 0 Å². The van der Waals surface area contributed by atoms with Crippen LogP contribution in [-0.4, -0.2) is 10.2 Å². The number of halogens is 4. The lowest BCUT2D eigenvalue weighted by Crippen LogP contribution is -2.02. The molecule has 0 amide bonds. The first kappa shape index (κ1) is 8.90. The Hall–Kier alpha value is 0.900. The zero-order chi connectivity index (χ0) is 6.57. The Balaban J connectivity index is 3.47. The SMILES string of the molecule is Cl/C=C/C(Cl)C(Cl)Cl. The van der Waals surface area contributed by atoms with Gasteiger partial charge in [0.05, 0.1) is 5.38 Å². The fraction of sp³-hybridized carbons (Fsp3) is 0.500. The molecule has 1 atom stereocenters. The van der Waals surface area contributed by atoms with E-state index in [9.17, 15) is 0 Å². The van der Waals surface area contributed by atoms with Crippen LogP contribution in [0.2, 0.25) is 0 Å². The normalized spacial score (nSPS) is 15.6. The van der Waals surface area contributed by atoms with Gasteiger partial charge in [-0.3, -0.25) is 0 Å². The van der Waals surface area contributed by atoms with Gasteiger partial charge in [0.2, 0.25) is 0 Å². The van der Waals surface area contributed by atoms with Crippen LogP contribution in [0.4, 0.5) is 0 Å². The standard InChI is InChI=1S/C4H4Cl4/c5-2-1-3(6)4(7)8/h1-4H/b2-1+. The van der Waals surface area contributed by atoms with Gasteiger partial charge in [-0.05, 0) is 0 Å². The van der Waals surface area contributed by atoms with Crippen molar-refractivity contribution in [1.29, 1.82) is 0 Å². The second-order valence-corrected chi connectivity index (χ2v) is 3.02. The average molecular weight is 194 g/mol. The summed E-state index contributed by atoms with van der Waals surface area (Å²) in [6.07, 6.45) is 1.51. The summed E-state index contributed by atoms with van der Waals surface area (Å²) < 4.78 is 0. The molecule has 0 nitrogen and oxygen atoms in total. The molecule has 0 rings (SSSR count). The zero-order valence-electron chi connectivity index (χ0n) is 3.82. The van der Waals surface area contributed by atoms with Gasteiger partial charge < -0.3 is 0 Å². The molecule has 0 aliphatic heterocycles. The molecule has 1 unspecified atom stereocenters. The minimum atomic E-state index is -0.591. The Labute approximate surface area is 68.4 Å². The van der Waals surface area contributed by atoms with Gasteiger partial charge in [-0.25, -0.2) is 0 Å².